The predicted octanol–water partition coefficient (Wildman–Crippen LogP) is 8.20. The number of fused-ring (bicyclic) bond motifs is 3. The van der Waals surface area contributed by atoms with E-state index >= 15 is 0 Å². The molecule has 2 heterocycles. The molecule has 3 fully saturated rings. The summed E-state index contributed by atoms with van der Waals surface area (Å²) in [5.74, 6) is -0.592. The molecule has 0 unspecified atom stereocenters. The number of cyclic esters (lactones) is 1. The Morgan fingerprint density at radius 2 is 1.72 bits per heavy atom. The number of para-hydroxylation sites is 1. The Hall–Kier alpha value is -2.23. The summed E-state index contributed by atoms with van der Waals surface area (Å²) in [6.45, 7) is 21.3. The van der Waals surface area contributed by atoms with Crippen molar-refractivity contribution in [2.75, 3.05) is 25.1 Å². The van der Waals surface area contributed by atoms with E-state index in [2.05, 4.69) is 60.7 Å². The minimum atomic E-state index is -2.21. The molecular formula is C37H56FNO6Si. The van der Waals surface area contributed by atoms with Crippen molar-refractivity contribution in [3.8, 4) is 0 Å². The second kappa shape index (κ2) is 13.0. The first-order chi connectivity index (χ1) is 21.6. The van der Waals surface area contributed by atoms with E-state index in [1.165, 1.54) is 13.0 Å². The van der Waals surface area contributed by atoms with Crippen molar-refractivity contribution in [3.05, 3.63) is 41.7 Å². The molecule has 1 saturated heterocycles. The molecule has 1 aromatic carbocycles. The van der Waals surface area contributed by atoms with Crippen LogP contribution in [0.15, 0.2) is 35.9 Å². The molecule has 46 heavy (non-hydrogen) atoms. The maximum atomic E-state index is 14.8. The summed E-state index contributed by atoms with van der Waals surface area (Å²) in [7, 11) is -2.21. The molecule has 2 aliphatic heterocycles. The first kappa shape index (κ1) is 35.1. The van der Waals surface area contributed by atoms with Crippen LogP contribution >= 0.6 is 0 Å². The SMILES string of the molecule is CC(=O)O[C@@H]1CC[C@]2(C)[C@H](CC[C@]3(CNc4ccccc4F)O[C@H](C4=CCOC4=O)C[C@H]32)[C@]1(C)CO[Si](C(C)C)(C(C)C)C(C)C. The largest absolute Gasteiger partial charge is 0.462 e. The van der Waals surface area contributed by atoms with Crippen LogP contribution in [0.5, 0.6) is 0 Å². The Bertz CT molecular complexity index is 1310. The standard InChI is InChI=1S/C37H56FNO6Si/c1-23(2)46(24(3)4,25(5)6)43-22-36(9)31-14-18-37(21-39-29-13-11-10-12-28(29)38)32(20-30(45-37)27-16-19-42-34(27)41)35(31,8)17-15-33(36)44-26(7)40/h10-13,16,23-25,30-33,39H,14-15,17-22H2,1-9H3/t30-,31-,32-,33+,35+,36-,37+/m0/s1. The van der Waals surface area contributed by atoms with Crippen LogP contribution in [-0.2, 0) is 28.2 Å². The predicted molar refractivity (Wildman–Crippen MR) is 180 cm³/mol. The van der Waals surface area contributed by atoms with Gasteiger partial charge in [0, 0.05) is 25.5 Å². The molecule has 1 aromatic rings. The van der Waals surface area contributed by atoms with E-state index < -0.39 is 19.3 Å². The minimum absolute atomic E-state index is 0.0808. The molecule has 0 bridgehead atoms. The summed E-state index contributed by atoms with van der Waals surface area (Å²) < 4.78 is 40.6. The van der Waals surface area contributed by atoms with E-state index in [0.717, 1.165) is 25.7 Å². The van der Waals surface area contributed by atoms with Gasteiger partial charge in [0.1, 0.15) is 18.5 Å². The number of nitrogens with one attached hydrogen (secondary N) is 1. The lowest BCUT2D eigenvalue weighted by molar-refractivity contribution is -0.209. The van der Waals surface area contributed by atoms with Crippen LogP contribution in [0.1, 0.15) is 94.4 Å². The van der Waals surface area contributed by atoms with Crippen molar-refractivity contribution < 1.29 is 32.6 Å². The fraction of sp³-hybridized carbons (Fsp3) is 0.730. The number of carbonyl (C=O) groups is 2. The van der Waals surface area contributed by atoms with E-state index in [9.17, 15) is 14.0 Å². The summed E-state index contributed by atoms with van der Waals surface area (Å²) in [5, 5.41) is 3.39. The van der Waals surface area contributed by atoms with Gasteiger partial charge in [0.05, 0.1) is 23.0 Å². The zero-order valence-electron chi connectivity index (χ0n) is 29.4. The van der Waals surface area contributed by atoms with Crippen molar-refractivity contribution in [2.45, 2.75) is 129 Å². The molecule has 5 rings (SSSR count). The summed E-state index contributed by atoms with van der Waals surface area (Å²) >= 11 is 0. The number of hydrogen-bond donors (Lipinski definition) is 1. The molecule has 0 radical (unpaired) electrons. The maximum Gasteiger partial charge on any atom is 0.336 e. The molecule has 2 saturated carbocycles. The summed E-state index contributed by atoms with van der Waals surface area (Å²) in [6.07, 6.45) is 5.08. The molecule has 4 aliphatic rings. The van der Waals surface area contributed by atoms with Crippen LogP contribution in [0.4, 0.5) is 10.1 Å². The second-order valence-corrected chi connectivity index (χ2v) is 21.4. The summed E-state index contributed by atoms with van der Waals surface area (Å²) in [5.41, 5.74) is 1.14. The van der Waals surface area contributed by atoms with Crippen molar-refractivity contribution >= 4 is 25.9 Å². The van der Waals surface area contributed by atoms with Gasteiger partial charge in [0.25, 0.3) is 0 Å². The normalized spacial score (nSPS) is 34.4. The fourth-order valence-electron chi connectivity index (χ4n) is 10.6. The van der Waals surface area contributed by atoms with E-state index in [-0.39, 0.29) is 53.8 Å². The fourth-order valence-corrected chi connectivity index (χ4v) is 16.2. The number of halogens is 1. The molecule has 0 spiro atoms. The number of ether oxygens (including phenoxy) is 3. The smallest absolute Gasteiger partial charge is 0.336 e. The Labute approximate surface area is 276 Å². The van der Waals surface area contributed by atoms with Crippen LogP contribution in [0.25, 0.3) is 0 Å². The van der Waals surface area contributed by atoms with Gasteiger partial charge in [0.15, 0.2) is 8.32 Å². The molecular weight excluding hydrogens is 601 g/mol. The molecule has 7 atom stereocenters. The number of anilines is 1. The number of carbonyl (C=O) groups excluding carboxylic acids is 2. The van der Waals surface area contributed by atoms with E-state index in [1.807, 2.05) is 12.1 Å². The summed E-state index contributed by atoms with van der Waals surface area (Å²) in [4.78, 5) is 25.3. The third-order valence-electron chi connectivity index (χ3n) is 12.6. The van der Waals surface area contributed by atoms with Gasteiger partial charge in [-0.3, -0.25) is 4.79 Å². The number of esters is 2. The highest BCUT2D eigenvalue weighted by atomic mass is 28.4. The van der Waals surface area contributed by atoms with Crippen molar-refractivity contribution in [2.24, 2.45) is 22.7 Å². The Kier molecular flexibility index (Phi) is 9.91. The van der Waals surface area contributed by atoms with Gasteiger partial charge in [-0.05, 0) is 84.2 Å². The highest BCUT2D eigenvalue weighted by Gasteiger charge is 2.67. The van der Waals surface area contributed by atoms with E-state index in [4.69, 9.17) is 18.6 Å². The monoisotopic (exact) mass is 657 g/mol. The highest BCUT2D eigenvalue weighted by molar-refractivity contribution is 6.77. The molecule has 7 nitrogen and oxygen atoms in total. The first-order valence-electron chi connectivity index (χ1n) is 17.4. The second-order valence-electron chi connectivity index (χ2n) is 15.9. The molecule has 1 N–H and O–H groups in total. The van der Waals surface area contributed by atoms with Crippen LogP contribution in [0.3, 0.4) is 0 Å². The third kappa shape index (κ3) is 5.87. The zero-order valence-corrected chi connectivity index (χ0v) is 30.4. The molecule has 0 amide bonds. The van der Waals surface area contributed by atoms with Gasteiger partial charge in [0.2, 0.25) is 0 Å². The lowest BCUT2D eigenvalue weighted by atomic mass is 9.44. The number of rotatable bonds is 11. The van der Waals surface area contributed by atoms with Crippen LogP contribution in [0, 0.1) is 28.5 Å². The van der Waals surface area contributed by atoms with E-state index in [1.54, 1.807) is 12.1 Å². The highest BCUT2D eigenvalue weighted by Crippen LogP contribution is 2.67. The van der Waals surface area contributed by atoms with Crippen molar-refractivity contribution in [1.29, 1.82) is 0 Å². The maximum absolute atomic E-state index is 14.8. The lowest BCUT2D eigenvalue weighted by Gasteiger charge is -2.63. The summed E-state index contributed by atoms with van der Waals surface area (Å²) in [6, 6.07) is 6.73. The van der Waals surface area contributed by atoms with Crippen LogP contribution in [0.2, 0.25) is 16.6 Å². The topological polar surface area (TPSA) is 83.1 Å². The van der Waals surface area contributed by atoms with Gasteiger partial charge < -0.3 is 24.0 Å². The Balaban J connectivity index is 1.53. The van der Waals surface area contributed by atoms with Crippen LogP contribution in [-0.4, -0.2) is 57.8 Å². The third-order valence-corrected chi connectivity index (χ3v) is 18.6. The number of benzene rings is 1. The lowest BCUT2D eigenvalue weighted by Crippen LogP contribution is -2.64. The van der Waals surface area contributed by atoms with Gasteiger partial charge in [-0.2, -0.15) is 0 Å². The van der Waals surface area contributed by atoms with Crippen molar-refractivity contribution in [1.82, 2.24) is 0 Å². The number of hydrogen-bond acceptors (Lipinski definition) is 7. The average molecular weight is 658 g/mol. The van der Waals surface area contributed by atoms with E-state index in [0.29, 0.717) is 47.5 Å². The first-order valence-corrected chi connectivity index (χ1v) is 19.6. The van der Waals surface area contributed by atoms with Gasteiger partial charge in [-0.1, -0.05) is 67.5 Å². The van der Waals surface area contributed by atoms with Gasteiger partial charge in [-0.15, -0.1) is 0 Å². The van der Waals surface area contributed by atoms with Crippen LogP contribution < -0.4 is 5.32 Å². The Morgan fingerprint density at radius 3 is 2.30 bits per heavy atom. The molecule has 9 heteroatoms. The molecule has 256 valence electrons. The van der Waals surface area contributed by atoms with Gasteiger partial charge >= 0.3 is 11.9 Å². The zero-order chi connectivity index (χ0) is 33.7. The minimum Gasteiger partial charge on any atom is -0.462 e. The molecule has 2 aliphatic carbocycles. The van der Waals surface area contributed by atoms with Crippen molar-refractivity contribution in [3.63, 3.8) is 0 Å². The Morgan fingerprint density at radius 1 is 1.04 bits per heavy atom. The molecule has 0 aromatic heterocycles. The average Bonchev–Trinajstić information content (AvgIpc) is 3.58. The van der Waals surface area contributed by atoms with Gasteiger partial charge in [-0.25, -0.2) is 9.18 Å². The quantitative estimate of drug-likeness (QED) is 0.190.